The van der Waals surface area contributed by atoms with Crippen LogP contribution in [0.15, 0.2) is 42.5 Å². The van der Waals surface area contributed by atoms with Crippen molar-refractivity contribution in [1.29, 1.82) is 10.5 Å². The first-order valence-corrected chi connectivity index (χ1v) is 5.97. The van der Waals surface area contributed by atoms with E-state index in [1.807, 2.05) is 25.1 Å². The summed E-state index contributed by atoms with van der Waals surface area (Å²) in [5.41, 5.74) is 3.90. The van der Waals surface area contributed by atoms with E-state index in [2.05, 4.69) is 23.5 Å². The third-order valence-electron chi connectivity index (χ3n) is 2.86. The number of benzene rings is 2. The van der Waals surface area contributed by atoms with E-state index in [0.717, 1.165) is 5.56 Å². The van der Waals surface area contributed by atoms with Crippen molar-refractivity contribution in [2.45, 2.75) is 13.5 Å². The molecule has 0 atom stereocenters. The van der Waals surface area contributed by atoms with Crippen LogP contribution in [0.3, 0.4) is 0 Å². The summed E-state index contributed by atoms with van der Waals surface area (Å²) in [6, 6.07) is 17.5. The molecule has 0 saturated heterocycles. The SMILES string of the molecule is Cc1cccc(CNc2c(C#N)cccc2C#N)c1. The number of nitriles is 2. The summed E-state index contributed by atoms with van der Waals surface area (Å²) in [5, 5.41) is 21.3. The predicted octanol–water partition coefficient (Wildman–Crippen LogP) is 3.35. The van der Waals surface area contributed by atoms with Gasteiger partial charge in [0.25, 0.3) is 0 Å². The highest BCUT2D eigenvalue weighted by atomic mass is 14.9. The van der Waals surface area contributed by atoms with Gasteiger partial charge < -0.3 is 5.32 Å². The van der Waals surface area contributed by atoms with Crippen LogP contribution in [0.5, 0.6) is 0 Å². The summed E-state index contributed by atoms with van der Waals surface area (Å²) in [5.74, 6) is 0. The standard InChI is InChI=1S/C16H13N3/c1-12-4-2-5-13(8-12)11-19-16-14(9-17)6-3-7-15(16)10-18/h2-8,19H,11H2,1H3. The van der Waals surface area contributed by atoms with Crippen LogP contribution in [-0.4, -0.2) is 0 Å². The molecule has 0 saturated carbocycles. The number of hydrogen-bond donors (Lipinski definition) is 1. The Balaban J connectivity index is 2.25. The minimum Gasteiger partial charge on any atom is -0.379 e. The molecular weight excluding hydrogens is 234 g/mol. The molecule has 2 aromatic carbocycles. The molecule has 0 aliphatic rings. The minimum atomic E-state index is 0.492. The van der Waals surface area contributed by atoms with E-state index in [4.69, 9.17) is 10.5 Å². The van der Waals surface area contributed by atoms with Crippen LogP contribution in [0.2, 0.25) is 0 Å². The van der Waals surface area contributed by atoms with E-state index in [1.165, 1.54) is 5.56 Å². The fourth-order valence-electron chi connectivity index (χ4n) is 1.94. The second kappa shape index (κ2) is 5.71. The van der Waals surface area contributed by atoms with Crippen molar-refractivity contribution in [3.05, 3.63) is 64.7 Å². The normalized spacial score (nSPS) is 9.42. The molecular formula is C16H13N3. The topological polar surface area (TPSA) is 59.6 Å². The molecule has 0 aromatic heterocycles. The van der Waals surface area contributed by atoms with Crippen LogP contribution in [0.25, 0.3) is 0 Å². The van der Waals surface area contributed by atoms with Crippen molar-refractivity contribution in [1.82, 2.24) is 0 Å². The van der Waals surface area contributed by atoms with Gasteiger partial charge in [-0.3, -0.25) is 0 Å². The molecule has 3 heteroatoms. The third kappa shape index (κ3) is 2.91. The summed E-state index contributed by atoms with van der Waals surface area (Å²) in [6.07, 6.45) is 0. The zero-order valence-electron chi connectivity index (χ0n) is 10.6. The molecule has 0 aliphatic heterocycles. The molecule has 0 unspecified atom stereocenters. The highest BCUT2D eigenvalue weighted by Gasteiger charge is 2.07. The first kappa shape index (κ1) is 12.7. The van der Waals surface area contributed by atoms with Crippen LogP contribution in [-0.2, 0) is 6.54 Å². The average molecular weight is 247 g/mol. The highest BCUT2D eigenvalue weighted by molar-refractivity contribution is 5.66. The monoisotopic (exact) mass is 247 g/mol. The van der Waals surface area contributed by atoms with Crippen molar-refractivity contribution in [2.75, 3.05) is 5.32 Å². The molecule has 0 amide bonds. The van der Waals surface area contributed by atoms with Gasteiger partial charge in [-0.15, -0.1) is 0 Å². The fraction of sp³-hybridized carbons (Fsp3) is 0.125. The lowest BCUT2D eigenvalue weighted by molar-refractivity contribution is 1.13. The summed E-state index contributed by atoms with van der Waals surface area (Å²) < 4.78 is 0. The maximum Gasteiger partial charge on any atom is 0.101 e. The van der Waals surface area contributed by atoms with E-state index in [1.54, 1.807) is 18.2 Å². The number of para-hydroxylation sites is 1. The van der Waals surface area contributed by atoms with Gasteiger partial charge in [0.1, 0.15) is 12.1 Å². The Labute approximate surface area is 112 Å². The van der Waals surface area contributed by atoms with E-state index in [-0.39, 0.29) is 0 Å². The molecule has 0 fully saturated rings. The van der Waals surface area contributed by atoms with Crippen molar-refractivity contribution in [2.24, 2.45) is 0 Å². The van der Waals surface area contributed by atoms with Crippen LogP contribution in [0, 0.1) is 29.6 Å². The maximum absolute atomic E-state index is 9.08. The first-order valence-electron chi connectivity index (χ1n) is 5.97. The Kier molecular flexibility index (Phi) is 3.81. The van der Waals surface area contributed by atoms with Crippen LogP contribution < -0.4 is 5.32 Å². The van der Waals surface area contributed by atoms with Gasteiger partial charge in [0.05, 0.1) is 16.8 Å². The van der Waals surface area contributed by atoms with E-state index < -0.39 is 0 Å². The van der Waals surface area contributed by atoms with E-state index in [9.17, 15) is 0 Å². The van der Waals surface area contributed by atoms with Crippen molar-refractivity contribution < 1.29 is 0 Å². The van der Waals surface area contributed by atoms with Gasteiger partial charge in [-0.25, -0.2) is 0 Å². The number of rotatable bonds is 3. The van der Waals surface area contributed by atoms with Gasteiger partial charge in [0.15, 0.2) is 0 Å². The molecule has 0 bridgehead atoms. The quantitative estimate of drug-likeness (QED) is 0.904. The third-order valence-corrected chi connectivity index (χ3v) is 2.86. The number of anilines is 1. The Morgan fingerprint density at radius 1 is 1.00 bits per heavy atom. The predicted molar refractivity (Wildman–Crippen MR) is 74.4 cm³/mol. The molecule has 2 rings (SSSR count). The Hall–Kier alpha value is -2.78. The lowest BCUT2D eigenvalue weighted by Gasteiger charge is -2.10. The highest BCUT2D eigenvalue weighted by Crippen LogP contribution is 2.20. The van der Waals surface area contributed by atoms with Gasteiger partial charge in [-0.2, -0.15) is 10.5 Å². The van der Waals surface area contributed by atoms with Crippen molar-refractivity contribution in [3.63, 3.8) is 0 Å². The van der Waals surface area contributed by atoms with Crippen LogP contribution in [0.1, 0.15) is 22.3 Å². The summed E-state index contributed by atoms with van der Waals surface area (Å²) in [4.78, 5) is 0. The Morgan fingerprint density at radius 3 is 2.21 bits per heavy atom. The lowest BCUT2D eigenvalue weighted by atomic mass is 10.1. The second-order valence-corrected chi connectivity index (χ2v) is 4.29. The van der Waals surface area contributed by atoms with Crippen molar-refractivity contribution in [3.8, 4) is 12.1 Å². The number of hydrogen-bond acceptors (Lipinski definition) is 3. The molecule has 92 valence electrons. The van der Waals surface area contributed by atoms with Crippen molar-refractivity contribution >= 4 is 5.69 Å². The first-order chi connectivity index (χ1) is 9.24. The second-order valence-electron chi connectivity index (χ2n) is 4.29. The molecule has 19 heavy (non-hydrogen) atoms. The maximum atomic E-state index is 9.08. The largest absolute Gasteiger partial charge is 0.379 e. The van der Waals surface area contributed by atoms with Gasteiger partial charge in [0, 0.05) is 6.54 Å². The molecule has 0 spiro atoms. The number of nitrogens with zero attached hydrogens (tertiary/aromatic N) is 2. The van der Waals surface area contributed by atoms with E-state index >= 15 is 0 Å². The Morgan fingerprint density at radius 2 is 1.63 bits per heavy atom. The summed E-state index contributed by atoms with van der Waals surface area (Å²) >= 11 is 0. The zero-order valence-corrected chi connectivity index (χ0v) is 10.6. The van der Waals surface area contributed by atoms with Crippen LogP contribution in [0.4, 0.5) is 5.69 Å². The average Bonchev–Trinajstić information content (AvgIpc) is 2.44. The van der Waals surface area contributed by atoms with Crippen LogP contribution >= 0.6 is 0 Å². The summed E-state index contributed by atoms with van der Waals surface area (Å²) in [6.45, 7) is 2.63. The van der Waals surface area contributed by atoms with Gasteiger partial charge in [-0.1, -0.05) is 35.9 Å². The molecule has 0 heterocycles. The minimum absolute atomic E-state index is 0.492. The molecule has 2 aromatic rings. The summed E-state index contributed by atoms with van der Waals surface area (Å²) in [7, 11) is 0. The van der Waals surface area contributed by atoms with Gasteiger partial charge in [-0.05, 0) is 24.6 Å². The lowest BCUT2D eigenvalue weighted by Crippen LogP contribution is -2.03. The van der Waals surface area contributed by atoms with Gasteiger partial charge >= 0.3 is 0 Å². The smallest absolute Gasteiger partial charge is 0.101 e. The Bertz CT molecular complexity index is 643. The molecule has 0 radical (unpaired) electrons. The fourth-order valence-corrected chi connectivity index (χ4v) is 1.94. The molecule has 3 nitrogen and oxygen atoms in total. The number of nitrogens with one attached hydrogen (secondary N) is 1. The number of aryl methyl sites for hydroxylation is 1. The zero-order chi connectivity index (χ0) is 13.7. The molecule has 1 N–H and O–H groups in total. The van der Waals surface area contributed by atoms with Gasteiger partial charge in [0.2, 0.25) is 0 Å². The molecule has 0 aliphatic carbocycles. The van der Waals surface area contributed by atoms with E-state index in [0.29, 0.717) is 23.4 Å².